The Morgan fingerprint density at radius 3 is 1.58 bits per heavy atom. The maximum atomic E-state index is 4.65. The first-order valence-corrected chi connectivity index (χ1v) is 11.3. The molecule has 0 unspecified atom stereocenters. The normalized spacial score (nSPS) is 17.9. The van der Waals surface area contributed by atoms with Crippen LogP contribution in [0.5, 0.6) is 0 Å². The Morgan fingerprint density at radius 2 is 1.21 bits per heavy atom. The maximum absolute atomic E-state index is 4.65. The molecule has 0 aromatic carbocycles. The van der Waals surface area contributed by atoms with E-state index in [1.807, 2.05) is 24.5 Å². The summed E-state index contributed by atoms with van der Waals surface area (Å²) >= 11 is -2.11. The molecule has 0 aliphatic carbocycles. The van der Waals surface area contributed by atoms with E-state index in [9.17, 15) is 0 Å². The van der Waals surface area contributed by atoms with E-state index >= 15 is 0 Å². The molecule has 1 fully saturated rings. The summed E-state index contributed by atoms with van der Waals surface area (Å²) in [5, 5.41) is 0. The number of pyridine rings is 2. The van der Waals surface area contributed by atoms with Gasteiger partial charge in [0, 0.05) is 0 Å². The van der Waals surface area contributed by atoms with Crippen LogP contribution in [0.4, 0.5) is 0 Å². The average molecular weight is 478 g/mol. The van der Waals surface area contributed by atoms with Gasteiger partial charge in [-0.2, -0.15) is 0 Å². The van der Waals surface area contributed by atoms with Crippen LogP contribution in [0.15, 0.2) is 48.8 Å². The van der Waals surface area contributed by atoms with Crippen LogP contribution < -0.4 is 33.0 Å². The van der Waals surface area contributed by atoms with Crippen LogP contribution in [0.2, 0.25) is 9.62 Å². The van der Waals surface area contributed by atoms with E-state index in [1.54, 1.807) is 0 Å². The molecular weight excluding hydrogens is 462 g/mol. The first-order valence-electron chi connectivity index (χ1n) is 5.80. The second-order valence-electron chi connectivity index (χ2n) is 3.95. The van der Waals surface area contributed by atoms with Crippen LogP contribution in [0.1, 0.15) is 12.8 Å². The predicted octanol–water partition coefficient (Wildman–Crippen LogP) is -3.78. The molecule has 0 N–H and O–H groups in total. The van der Waals surface area contributed by atoms with E-state index in [1.165, 1.54) is 30.6 Å². The molecule has 0 radical (unpaired) electrons. The number of aromatic nitrogens is 2. The molecule has 1 saturated heterocycles. The average Bonchev–Trinajstić information content (AvgIpc) is 2.91. The van der Waals surface area contributed by atoms with Crippen molar-refractivity contribution in [3.8, 4) is 0 Å². The Hall–Kier alpha value is -0.432. The van der Waals surface area contributed by atoms with E-state index in [-0.39, 0.29) is 24.8 Å². The zero-order chi connectivity index (χ0) is 11.6. The van der Waals surface area contributed by atoms with Crippen LogP contribution in [0.25, 0.3) is 0 Å². The Kier molecular flexibility index (Phi) is 6.45. The standard InChI is InChI=1S/2C5H4N.C4H8.2ClH.Pt/c2*1-2-4-6-5-3-1;1-3-4-2;;;/h2*1-4H;1-4H2;2*1H;/q;;;;;+2/p-2. The summed E-state index contributed by atoms with van der Waals surface area (Å²) in [4.78, 5) is 12.0. The van der Waals surface area contributed by atoms with Crippen LogP contribution >= 0.6 is 0 Å². The number of hydrogen-bond donors (Lipinski definition) is 0. The predicted molar refractivity (Wildman–Crippen MR) is 66.6 cm³/mol. The molecular formula is C14H16Cl2N2Pt. The number of nitrogens with zero attached hydrogens (tertiary/aromatic N) is 2. The minimum absolute atomic E-state index is 0. The molecule has 0 atom stereocenters. The third kappa shape index (κ3) is 3.18. The molecule has 1 aliphatic rings. The Labute approximate surface area is 130 Å². The van der Waals surface area contributed by atoms with E-state index in [0.29, 0.717) is 0 Å². The molecule has 19 heavy (non-hydrogen) atoms. The van der Waals surface area contributed by atoms with Gasteiger partial charge in [-0.3, -0.25) is 0 Å². The molecule has 2 nitrogen and oxygen atoms in total. The third-order valence-electron chi connectivity index (χ3n) is 2.85. The Morgan fingerprint density at radius 1 is 0.737 bits per heavy atom. The summed E-state index contributed by atoms with van der Waals surface area (Å²) in [6, 6.07) is 12.7. The SMILES string of the molecule is [Cl-].[Cl-].c1cc[c]([Pt+2]2([c]3ccccn3)[CH2]CC[CH2]2)nc1. The van der Waals surface area contributed by atoms with Gasteiger partial charge in [-0.05, 0) is 0 Å². The summed E-state index contributed by atoms with van der Waals surface area (Å²) in [6.45, 7) is 0. The van der Waals surface area contributed by atoms with Crippen LogP contribution in [-0.4, -0.2) is 9.97 Å². The van der Waals surface area contributed by atoms with Crippen molar-refractivity contribution in [2.45, 2.75) is 22.5 Å². The molecule has 1 aliphatic heterocycles. The topological polar surface area (TPSA) is 25.8 Å². The summed E-state index contributed by atoms with van der Waals surface area (Å²) in [5.74, 6) is 0. The summed E-state index contributed by atoms with van der Waals surface area (Å²) < 4.78 is 2.72. The Balaban J connectivity index is 0.000000902. The van der Waals surface area contributed by atoms with E-state index in [0.717, 1.165) is 0 Å². The number of rotatable bonds is 2. The molecule has 0 saturated carbocycles. The molecule has 0 amide bonds. The Bertz CT molecular complexity index is 446. The van der Waals surface area contributed by atoms with Crippen molar-refractivity contribution in [2.75, 3.05) is 0 Å². The van der Waals surface area contributed by atoms with Gasteiger partial charge in [0.2, 0.25) is 0 Å². The fraction of sp³-hybridized carbons (Fsp3) is 0.286. The second kappa shape index (κ2) is 7.38. The van der Waals surface area contributed by atoms with Crippen LogP contribution in [-0.2, 0) is 16.1 Å². The van der Waals surface area contributed by atoms with Gasteiger partial charge < -0.3 is 24.8 Å². The molecule has 3 heterocycles. The fourth-order valence-electron chi connectivity index (χ4n) is 2.05. The second-order valence-corrected chi connectivity index (χ2v) is 13.5. The molecule has 0 bridgehead atoms. The first-order chi connectivity index (χ1) is 8.42. The third-order valence-corrected chi connectivity index (χ3v) is 14.1. The molecule has 3 rings (SSSR count). The van der Waals surface area contributed by atoms with E-state index in [2.05, 4.69) is 34.2 Å². The zero-order valence-electron chi connectivity index (χ0n) is 10.4. The molecule has 5 heteroatoms. The van der Waals surface area contributed by atoms with Crippen molar-refractivity contribution in [1.82, 2.24) is 9.97 Å². The van der Waals surface area contributed by atoms with Crippen LogP contribution in [0.3, 0.4) is 0 Å². The number of halogens is 2. The molecule has 106 valence electrons. The summed E-state index contributed by atoms with van der Waals surface area (Å²) in [6.07, 6.45) is 6.57. The van der Waals surface area contributed by atoms with Gasteiger partial charge >= 0.3 is 105 Å². The van der Waals surface area contributed by atoms with E-state index < -0.39 is 16.1 Å². The van der Waals surface area contributed by atoms with Crippen molar-refractivity contribution in [1.29, 1.82) is 0 Å². The van der Waals surface area contributed by atoms with Crippen molar-refractivity contribution < 1.29 is 40.9 Å². The summed E-state index contributed by atoms with van der Waals surface area (Å²) in [7, 11) is 0. The van der Waals surface area contributed by atoms with Gasteiger partial charge in [0.1, 0.15) is 0 Å². The molecule has 2 aromatic rings. The van der Waals surface area contributed by atoms with E-state index in [4.69, 9.17) is 0 Å². The van der Waals surface area contributed by atoms with Gasteiger partial charge in [0.05, 0.1) is 0 Å². The number of hydrogen-bond acceptors (Lipinski definition) is 2. The van der Waals surface area contributed by atoms with Crippen molar-refractivity contribution in [3.05, 3.63) is 48.8 Å². The van der Waals surface area contributed by atoms with Gasteiger partial charge in [0.25, 0.3) is 0 Å². The minimum atomic E-state index is -2.11. The van der Waals surface area contributed by atoms with Crippen LogP contribution in [0, 0.1) is 0 Å². The van der Waals surface area contributed by atoms with Crippen molar-refractivity contribution >= 4 is 8.17 Å². The van der Waals surface area contributed by atoms with Gasteiger partial charge in [0.15, 0.2) is 0 Å². The van der Waals surface area contributed by atoms with Crippen molar-refractivity contribution in [3.63, 3.8) is 0 Å². The molecule has 2 aromatic heterocycles. The van der Waals surface area contributed by atoms with Gasteiger partial charge in [-0.15, -0.1) is 0 Å². The monoisotopic (exact) mass is 477 g/mol. The quantitative estimate of drug-likeness (QED) is 0.443. The summed E-state index contributed by atoms with van der Waals surface area (Å²) in [5.41, 5.74) is 0. The fourth-order valence-corrected chi connectivity index (χ4v) is 12.8. The van der Waals surface area contributed by atoms with Crippen molar-refractivity contribution in [2.24, 2.45) is 0 Å². The zero-order valence-corrected chi connectivity index (χ0v) is 14.2. The van der Waals surface area contributed by atoms with Gasteiger partial charge in [-0.25, -0.2) is 0 Å². The molecule has 0 spiro atoms. The first kappa shape index (κ1) is 16.6. The van der Waals surface area contributed by atoms with Gasteiger partial charge in [-0.1, -0.05) is 0 Å².